The maximum atomic E-state index is 11.0. The summed E-state index contributed by atoms with van der Waals surface area (Å²) in [5.41, 5.74) is 0.379. The van der Waals surface area contributed by atoms with Crippen molar-refractivity contribution in [2.24, 2.45) is 0 Å². The molecule has 0 saturated heterocycles. The van der Waals surface area contributed by atoms with Crippen molar-refractivity contribution in [3.63, 3.8) is 0 Å². The van der Waals surface area contributed by atoms with Crippen LogP contribution < -0.4 is 5.32 Å². The molecule has 1 aromatic carbocycles. The van der Waals surface area contributed by atoms with Crippen molar-refractivity contribution in [3.05, 3.63) is 34.3 Å². The smallest absolute Gasteiger partial charge is 0.338 e. The van der Waals surface area contributed by atoms with Gasteiger partial charge < -0.3 is 10.4 Å². The van der Waals surface area contributed by atoms with Crippen LogP contribution in [0.3, 0.4) is 0 Å². The van der Waals surface area contributed by atoms with Crippen LogP contribution in [0.15, 0.2) is 18.2 Å². The number of hydrogen-bond acceptors (Lipinski definition) is 2. The zero-order valence-electron chi connectivity index (χ0n) is 9.79. The monoisotopic (exact) mass is 265 g/mol. The molecule has 0 atom stereocenters. The summed E-state index contributed by atoms with van der Waals surface area (Å²) in [4.78, 5) is 21.6. The van der Waals surface area contributed by atoms with Crippen LogP contribution in [0.5, 0.6) is 0 Å². The van der Waals surface area contributed by atoms with Gasteiger partial charge in [0.1, 0.15) is 0 Å². The lowest BCUT2D eigenvalue weighted by Crippen LogP contribution is -2.20. The standard InChI is InChI=1S/C13H12ClNO3/c1-9(16)15-8-3-2-5-10-6-4-7-11(14)12(10)13(17)18/h4,6-7H,3,8H2,1H3,(H,15,16)(H,17,18). The Hall–Kier alpha value is -1.99. The molecule has 1 rings (SSSR count). The van der Waals surface area contributed by atoms with Crippen LogP contribution in [0.4, 0.5) is 0 Å². The molecule has 0 aromatic heterocycles. The maximum absolute atomic E-state index is 11.0. The summed E-state index contributed by atoms with van der Waals surface area (Å²) in [6.07, 6.45) is 0.450. The Morgan fingerprint density at radius 2 is 2.17 bits per heavy atom. The van der Waals surface area contributed by atoms with E-state index in [9.17, 15) is 9.59 Å². The van der Waals surface area contributed by atoms with Gasteiger partial charge in [-0.3, -0.25) is 4.79 Å². The van der Waals surface area contributed by atoms with Crippen molar-refractivity contribution in [2.75, 3.05) is 6.54 Å². The highest BCUT2D eigenvalue weighted by Gasteiger charge is 2.12. The second kappa shape index (κ2) is 6.67. The molecule has 18 heavy (non-hydrogen) atoms. The molecule has 0 aliphatic carbocycles. The van der Waals surface area contributed by atoms with E-state index in [1.165, 1.54) is 13.0 Å². The van der Waals surface area contributed by atoms with E-state index >= 15 is 0 Å². The molecule has 4 nitrogen and oxygen atoms in total. The number of carboxylic acids is 1. The summed E-state index contributed by atoms with van der Waals surface area (Å²) < 4.78 is 0. The number of benzene rings is 1. The van der Waals surface area contributed by atoms with E-state index in [1.807, 2.05) is 0 Å². The molecule has 0 bridgehead atoms. The molecule has 94 valence electrons. The third-order valence-corrected chi connectivity index (χ3v) is 2.39. The third kappa shape index (κ3) is 4.11. The number of hydrogen-bond donors (Lipinski definition) is 2. The molecule has 0 aliphatic rings. The second-order valence-electron chi connectivity index (χ2n) is 3.50. The van der Waals surface area contributed by atoms with E-state index in [0.29, 0.717) is 18.5 Å². The summed E-state index contributed by atoms with van der Waals surface area (Å²) >= 11 is 5.80. The van der Waals surface area contributed by atoms with Gasteiger partial charge >= 0.3 is 5.97 Å². The highest BCUT2D eigenvalue weighted by Crippen LogP contribution is 2.19. The zero-order chi connectivity index (χ0) is 13.5. The van der Waals surface area contributed by atoms with Gasteiger partial charge in [-0.2, -0.15) is 0 Å². The predicted molar refractivity (Wildman–Crippen MR) is 68.6 cm³/mol. The van der Waals surface area contributed by atoms with Crippen molar-refractivity contribution < 1.29 is 14.7 Å². The first kappa shape index (κ1) is 14.1. The van der Waals surface area contributed by atoms with Gasteiger partial charge in [0.25, 0.3) is 0 Å². The summed E-state index contributed by atoms with van der Waals surface area (Å²) in [5.74, 6) is 4.31. The normalized spacial score (nSPS) is 9.22. The van der Waals surface area contributed by atoms with Gasteiger partial charge in [0.2, 0.25) is 5.91 Å². The SMILES string of the molecule is CC(=O)NCCC#Cc1cccc(Cl)c1C(=O)O. The summed E-state index contributed by atoms with van der Waals surface area (Å²) in [7, 11) is 0. The maximum Gasteiger partial charge on any atom is 0.338 e. The molecule has 0 unspecified atom stereocenters. The van der Waals surface area contributed by atoms with E-state index in [2.05, 4.69) is 17.2 Å². The van der Waals surface area contributed by atoms with Crippen molar-refractivity contribution in [2.45, 2.75) is 13.3 Å². The van der Waals surface area contributed by atoms with Crippen LogP contribution in [-0.4, -0.2) is 23.5 Å². The van der Waals surface area contributed by atoms with Crippen LogP contribution >= 0.6 is 11.6 Å². The Labute approximate surface area is 110 Å². The topological polar surface area (TPSA) is 66.4 Å². The van der Waals surface area contributed by atoms with Gasteiger partial charge in [0.15, 0.2) is 0 Å². The Balaban J connectivity index is 2.79. The molecule has 0 fully saturated rings. The lowest BCUT2D eigenvalue weighted by molar-refractivity contribution is -0.118. The number of amides is 1. The minimum Gasteiger partial charge on any atom is -0.478 e. The molecule has 1 amide bonds. The largest absolute Gasteiger partial charge is 0.478 e. The van der Waals surface area contributed by atoms with E-state index in [0.717, 1.165) is 0 Å². The van der Waals surface area contributed by atoms with Crippen molar-refractivity contribution in [1.82, 2.24) is 5.32 Å². The molecule has 0 radical (unpaired) electrons. The van der Waals surface area contributed by atoms with Crippen molar-refractivity contribution in [1.29, 1.82) is 0 Å². The lowest BCUT2D eigenvalue weighted by atomic mass is 10.1. The van der Waals surface area contributed by atoms with Crippen molar-refractivity contribution >= 4 is 23.5 Å². The second-order valence-corrected chi connectivity index (χ2v) is 3.91. The van der Waals surface area contributed by atoms with E-state index in [-0.39, 0.29) is 16.5 Å². The molecule has 0 saturated carbocycles. The molecule has 0 heterocycles. The van der Waals surface area contributed by atoms with Gasteiger partial charge in [-0.25, -0.2) is 4.79 Å². The van der Waals surface area contributed by atoms with Gasteiger partial charge in [-0.05, 0) is 12.1 Å². The third-order valence-electron chi connectivity index (χ3n) is 2.07. The average molecular weight is 266 g/mol. The predicted octanol–water partition coefficient (Wildman–Crippen LogP) is 1.92. The fourth-order valence-electron chi connectivity index (χ4n) is 1.30. The minimum atomic E-state index is -1.10. The number of carbonyl (C=O) groups excluding carboxylic acids is 1. The zero-order valence-corrected chi connectivity index (χ0v) is 10.5. The number of halogens is 1. The van der Waals surface area contributed by atoms with Crippen LogP contribution in [0.2, 0.25) is 5.02 Å². The summed E-state index contributed by atoms with van der Waals surface area (Å²) in [6, 6.07) is 4.75. The number of carboxylic acid groups (broad SMARTS) is 1. The molecule has 2 N–H and O–H groups in total. The summed E-state index contributed by atoms with van der Waals surface area (Å²) in [5, 5.41) is 11.8. The van der Waals surface area contributed by atoms with Crippen LogP contribution in [0, 0.1) is 11.8 Å². The van der Waals surface area contributed by atoms with Gasteiger partial charge in [-0.15, -0.1) is 0 Å². The minimum absolute atomic E-state index is 0.00573. The molecular weight excluding hydrogens is 254 g/mol. The Morgan fingerprint density at radius 1 is 1.44 bits per heavy atom. The van der Waals surface area contributed by atoms with Crippen molar-refractivity contribution in [3.8, 4) is 11.8 Å². The van der Waals surface area contributed by atoms with Crippen LogP contribution in [0.25, 0.3) is 0 Å². The molecule has 5 heteroatoms. The fraction of sp³-hybridized carbons (Fsp3) is 0.231. The molecular formula is C13H12ClNO3. The highest BCUT2D eigenvalue weighted by atomic mass is 35.5. The average Bonchev–Trinajstić information content (AvgIpc) is 2.27. The number of aromatic carboxylic acids is 1. The van der Waals surface area contributed by atoms with Gasteiger partial charge in [0.05, 0.1) is 10.6 Å². The molecule has 1 aromatic rings. The summed E-state index contributed by atoms with van der Waals surface area (Å²) in [6.45, 7) is 1.86. The van der Waals surface area contributed by atoms with E-state index in [1.54, 1.807) is 12.1 Å². The quantitative estimate of drug-likeness (QED) is 0.648. The first-order valence-corrected chi connectivity index (χ1v) is 5.65. The Bertz CT molecular complexity index is 529. The van der Waals surface area contributed by atoms with Gasteiger partial charge in [-0.1, -0.05) is 29.5 Å². The number of nitrogens with one attached hydrogen (secondary N) is 1. The molecule has 0 aliphatic heterocycles. The van der Waals surface area contributed by atoms with E-state index < -0.39 is 5.97 Å². The van der Waals surface area contributed by atoms with Crippen LogP contribution in [-0.2, 0) is 4.79 Å². The number of rotatable bonds is 3. The Morgan fingerprint density at radius 3 is 2.78 bits per heavy atom. The first-order valence-electron chi connectivity index (χ1n) is 5.27. The highest BCUT2D eigenvalue weighted by molar-refractivity contribution is 6.33. The Kier molecular flexibility index (Phi) is 5.22. The first-order chi connectivity index (χ1) is 8.52. The fourth-order valence-corrected chi connectivity index (χ4v) is 1.56. The van der Waals surface area contributed by atoms with E-state index in [4.69, 9.17) is 16.7 Å². The molecule has 0 spiro atoms. The lowest BCUT2D eigenvalue weighted by Gasteiger charge is -2.01. The van der Waals surface area contributed by atoms with Gasteiger partial charge in [0, 0.05) is 25.5 Å². The number of carbonyl (C=O) groups is 2. The van der Waals surface area contributed by atoms with Crippen LogP contribution in [0.1, 0.15) is 29.3 Å².